The summed E-state index contributed by atoms with van der Waals surface area (Å²) in [5.74, 6) is -0.119. The van der Waals surface area contributed by atoms with Crippen LogP contribution in [0.25, 0.3) is 10.8 Å². The predicted molar refractivity (Wildman–Crippen MR) is 112 cm³/mol. The maximum absolute atomic E-state index is 13.0. The monoisotopic (exact) mass is 409 g/mol. The van der Waals surface area contributed by atoms with Crippen molar-refractivity contribution in [3.05, 3.63) is 71.2 Å². The van der Waals surface area contributed by atoms with Crippen LogP contribution in [-0.4, -0.2) is 29.9 Å². The van der Waals surface area contributed by atoms with Crippen LogP contribution in [0.2, 0.25) is 5.02 Å². The third-order valence-corrected chi connectivity index (χ3v) is 5.43. The molecule has 1 N–H and O–H groups in total. The molecule has 0 saturated carbocycles. The van der Waals surface area contributed by atoms with E-state index in [-0.39, 0.29) is 25.4 Å². The molecule has 0 radical (unpaired) electrons. The molecule has 29 heavy (non-hydrogen) atoms. The van der Waals surface area contributed by atoms with E-state index in [1.54, 1.807) is 18.2 Å². The van der Waals surface area contributed by atoms with Gasteiger partial charge in [0.05, 0.1) is 17.3 Å². The van der Waals surface area contributed by atoms with Gasteiger partial charge in [0, 0.05) is 17.4 Å². The summed E-state index contributed by atoms with van der Waals surface area (Å²) in [6.07, 6.45) is -0.292. The first-order valence-corrected chi connectivity index (χ1v) is 9.73. The largest absolute Gasteiger partial charge is 0.491 e. The van der Waals surface area contributed by atoms with Crippen molar-refractivity contribution in [2.45, 2.75) is 18.9 Å². The van der Waals surface area contributed by atoms with Gasteiger partial charge in [-0.1, -0.05) is 60.1 Å². The Bertz CT molecular complexity index is 1110. The van der Waals surface area contributed by atoms with Gasteiger partial charge < -0.3 is 14.7 Å². The van der Waals surface area contributed by atoms with Gasteiger partial charge in [-0.2, -0.15) is 0 Å². The number of benzene rings is 3. The molecule has 4 rings (SSSR count). The van der Waals surface area contributed by atoms with Crippen LogP contribution in [-0.2, 0) is 15.2 Å². The number of hydrogen-bond acceptors (Lipinski definition) is 4. The second kappa shape index (κ2) is 7.50. The molecule has 1 amide bonds. The second-order valence-corrected chi connectivity index (χ2v) is 7.56. The van der Waals surface area contributed by atoms with Gasteiger partial charge in [-0.15, -0.1) is 0 Å². The van der Waals surface area contributed by atoms with Crippen molar-refractivity contribution in [1.82, 2.24) is 0 Å². The van der Waals surface area contributed by atoms with Crippen molar-refractivity contribution in [1.29, 1.82) is 0 Å². The van der Waals surface area contributed by atoms with E-state index in [1.165, 1.54) is 11.8 Å². The number of nitrogens with zero attached hydrogens (tertiary/aromatic N) is 1. The van der Waals surface area contributed by atoms with Crippen molar-refractivity contribution < 1.29 is 19.4 Å². The average molecular weight is 410 g/mol. The van der Waals surface area contributed by atoms with E-state index in [4.69, 9.17) is 16.3 Å². The quantitative estimate of drug-likeness (QED) is 0.666. The lowest BCUT2D eigenvalue weighted by Gasteiger charge is -2.22. The Labute approximate surface area is 173 Å². The lowest BCUT2D eigenvalue weighted by molar-refractivity contribution is -0.141. The average Bonchev–Trinajstić information content (AvgIpc) is 2.90. The summed E-state index contributed by atoms with van der Waals surface area (Å²) < 4.78 is 5.95. The Balaban J connectivity index is 1.59. The molecule has 1 unspecified atom stereocenters. The Hall–Kier alpha value is -2.89. The van der Waals surface area contributed by atoms with Gasteiger partial charge >= 0.3 is 0 Å². The van der Waals surface area contributed by atoms with Crippen LogP contribution in [0.1, 0.15) is 18.9 Å². The third-order valence-electron chi connectivity index (χ3n) is 5.13. The summed E-state index contributed by atoms with van der Waals surface area (Å²) in [6.45, 7) is 1.75. The van der Waals surface area contributed by atoms with Crippen molar-refractivity contribution in [3.63, 3.8) is 0 Å². The fourth-order valence-electron chi connectivity index (χ4n) is 3.88. The number of anilines is 1. The fourth-order valence-corrected chi connectivity index (χ4v) is 4.15. The lowest BCUT2D eigenvalue weighted by Crippen LogP contribution is -2.43. The van der Waals surface area contributed by atoms with Gasteiger partial charge in [0.15, 0.2) is 5.60 Å². The van der Waals surface area contributed by atoms with E-state index in [2.05, 4.69) is 0 Å². The SMILES string of the molecule is CC(=O)CC1(O)C(=O)N(CCOc2cccc3ccccc23)c2c(Cl)cccc21. The normalized spacial score (nSPS) is 18.2. The molecule has 0 saturated heterocycles. The van der Waals surface area contributed by atoms with Crippen molar-refractivity contribution >= 4 is 39.8 Å². The minimum absolute atomic E-state index is 0.193. The number of ketones is 1. The molecule has 5 nitrogen and oxygen atoms in total. The number of carbonyl (C=O) groups is 2. The van der Waals surface area contributed by atoms with Crippen molar-refractivity contribution in [2.75, 3.05) is 18.1 Å². The molecule has 3 aromatic rings. The Morgan fingerprint density at radius 2 is 1.83 bits per heavy atom. The number of aliphatic hydroxyl groups is 1. The summed E-state index contributed by atoms with van der Waals surface area (Å²) in [5.41, 5.74) is -1.11. The summed E-state index contributed by atoms with van der Waals surface area (Å²) >= 11 is 6.34. The third kappa shape index (κ3) is 3.37. The second-order valence-electron chi connectivity index (χ2n) is 7.16. The number of fused-ring (bicyclic) bond motifs is 2. The summed E-state index contributed by atoms with van der Waals surface area (Å²) in [4.78, 5) is 26.1. The lowest BCUT2D eigenvalue weighted by atomic mass is 9.90. The number of halogens is 1. The number of ether oxygens (including phenoxy) is 1. The maximum atomic E-state index is 13.0. The molecule has 0 fully saturated rings. The minimum atomic E-state index is -1.90. The molecule has 0 aliphatic carbocycles. The van der Waals surface area contributed by atoms with Gasteiger partial charge in [-0.3, -0.25) is 9.59 Å². The molecule has 0 aromatic heterocycles. The number of amides is 1. The van der Waals surface area contributed by atoms with Gasteiger partial charge in [0.2, 0.25) is 0 Å². The van der Waals surface area contributed by atoms with Gasteiger partial charge in [-0.25, -0.2) is 0 Å². The van der Waals surface area contributed by atoms with E-state index >= 15 is 0 Å². The summed E-state index contributed by atoms with van der Waals surface area (Å²) in [6, 6.07) is 18.6. The zero-order valence-electron chi connectivity index (χ0n) is 15.9. The number of carbonyl (C=O) groups excluding carboxylic acids is 2. The van der Waals surface area contributed by atoms with Crippen LogP contribution in [0, 0.1) is 0 Å². The van der Waals surface area contributed by atoms with Crippen LogP contribution in [0.15, 0.2) is 60.7 Å². The smallest absolute Gasteiger partial charge is 0.264 e. The molecule has 1 aliphatic heterocycles. The molecule has 1 aliphatic rings. The van der Waals surface area contributed by atoms with E-state index in [9.17, 15) is 14.7 Å². The highest BCUT2D eigenvalue weighted by Gasteiger charge is 2.51. The molecular weight excluding hydrogens is 390 g/mol. The molecule has 6 heteroatoms. The van der Waals surface area contributed by atoms with E-state index in [1.807, 2.05) is 42.5 Å². The van der Waals surface area contributed by atoms with Crippen molar-refractivity contribution in [2.24, 2.45) is 0 Å². The topological polar surface area (TPSA) is 66.8 Å². The highest BCUT2D eigenvalue weighted by Crippen LogP contribution is 2.46. The number of Topliss-reactive ketones (excluding diaryl/α,β-unsaturated/α-hetero) is 1. The van der Waals surface area contributed by atoms with Crippen LogP contribution >= 0.6 is 11.6 Å². The summed E-state index contributed by atoms with van der Waals surface area (Å²) in [5, 5.41) is 13.4. The maximum Gasteiger partial charge on any atom is 0.264 e. The Morgan fingerprint density at radius 1 is 1.10 bits per heavy atom. The fraction of sp³-hybridized carbons (Fsp3) is 0.217. The molecule has 148 valence electrons. The van der Waals surface area contributed by atoms with Gasteiger partial charge in [-0.05, 0) is 24.4 Å². The van der Waals surface area contributed by atoms with E-state index < -0.39 is 11.5 Å². The molecule has 0 bridgehead atoms. The highest BCUT2D eigenvalue weighted by molar-refractivity contribution is 6.35. The molecule has 1 atom stereocenters. The zero-order chi connectivity index (χ0) is 20.6. The van der Waals surface area contributed by atoms with Gasteiger partial charge in [0.1, 0.15) is 18.1 Å². The van der Waals surface area contributed by atoms with Gasteiger partial charge in [0.25, 0.3) is 5.91 Å². The number of rotatable bonds is 6. The van der Waals surface area contributed by atoms with Crippen LogP contribution in [0.3, 0.4) is 0 Å². The van der Waals surface area contributed by atoms with Crippen LogP contribution in [0.5, 0.6) is 5.75 Å². The highest BCUT2D eigenvalue weighted by atomic mass is 35.5. The minimum Gasteiger partial charge on any atom is -0.491 e. The molecular formula is C23H20ClNO4. The molecule has 0 spiro atoms. The molecule has 1 heterocycles. The van der Waals surface area contributed by atoms with Crippen LogP contribution < -0.4 is 9.64 Å². The van der Waals surface area contributed by atoms with E-state index in [0.29, 0.717) is 22.0 Å². The van der Waals surface area contributed by atoms with Crippen LogP contribution in [0.4, 0.5) is 5.69 Å². The number of hydrogen-bond donors (Lipinski definition) is 1. The first kappa shape index (κ1) is 19.4. The standard InChI is InChI=1S/C23H20ClNO4/c1-15(26)14-23(28)18-9-5-10-19(24)21(18)25(22(23)27)12-13-29-20-11-4-7-16-6-2-3-8-17(16)20/h2-11,28H,12-14H2,1H3. The van der Waals surface area contributed by atoms with Crippen molar-refractivity contribution in [3.8, 4) is 5.75 Å². The van der Waals surface area contributed by atoms with E-state index in [0.717, 1.165) is 10.8 Å². The zero-order valence-corrected chi connectivity index (χ0v) is 16.6. The summed E-state index contributed by atoms with van der Waals surface area (Å²) in [7, 11) is 0. The molecule has 3 aromatic carbocycles. The first-order chi connectivity index (χ1) is 13.9. The number of para-hydroxylation sites is 1. The predicted octanol–water partition coefficient (Wildman–Crippen LogP) is 4.09. The Kier molecular flexibility index (Phi) is 5.03. The first-order valence-electron chi connectivity index (χ1n) is 9.35. The Morgan fingerprint density at radius 3 is 2.62 bits per heavy atom.